The Morgan fingerprint density at radius 1 is 1.64 bits per heavy atom. The fourth-order valence-corrected chi connectivity index (χ4v) is 1.50. The van der Waals surface area contributed by atoms with E-state index in [0.717, 1.165) is 12.5 Å². The zero-order valence-electron chi connectivity index (χ0n) is 7.25. The van der Waals surface area contributed by atoms with Crippen LogP contribution in [0.3, 0.4) is 0 Å². The average Bonchev–Trinajstić information content (AvgIpc) is 2.37. The van der Waals surface area contributed by atoms with E-state index in [1.165, 1.54) is 19.5 Å². The monoisotopic (exact) mass is 158 g/mol. The summed E-state index contributed by atoms with van der Waals surface area (Å²) in [6.07, 6.45) is 1.28. The molecular weight excluding hydrogens is 140 g/mol. The molecule has 1 unspecified atom stereocenters. The van der Waals surface area contributed by atoms with E-state index in [0.29, 0.717) is 13.2 Å². The van der Waals surface area contributed by atoms with Crippen molar-refractivity contribution in [2.45, 2.75) is 6.42 Å². The lowest BCUT2D eigenvalue weighted by atomic mass is 10.1. The smallest absolute Gasteiger partial charge is 0.0588 e. The first kappa shape index (κ1) is 8.97. The van der Waals surface area contributed by atoms with Crippen LogP contribution in [0.1, 0.15) is 6.42 Å². The van der Waals surface area contributed by atoms with Crippen LogP contribution in [-0.2, 0) is 4.74 Å². The van der Waals surface area contributed by atoms with Crippen LogP contribution < -0.4 is 5.73 Å². The second-order valence-corrected chi connectivity index (χ2v) is 3.28. The second kappa shape index (κ2) is 4.70. The lowest BCUT2D eigenvalue weighted by Crippen LogP contribution is -2.18. The molecule has 0 aromatic carbocycles. The SMILES string of the molecule is CN1CCC(COCCN)C1. The Balaban J connectivity index is 1.99. The summed E-state index contributed by atoms with van der Waals surface area (Å²) in [7, 11) is 2.16. The van der Waals surface area contributed by atoms with Crippen LogP contribution in [0.4, 0.5) is 0 Å². The van der Waals surface area contributed by atoms with Gasteiger partial charge in [-0.05, 0) is 25.9 Å². The molecule has 0 spiro atoms. The Kier molecular flexibility index (Phi) is 3.83. The summed E-state index contributed by atoms with van der Waals surface area (Å²) in [6, 6.07) is 0. The molecule has 3 nitrogen and oxygen atoms in total. The molecule has 1 heterocycles. The number of nitrogens with zero attached hydrogens (tertiary/aromatic N) is 1. The lowest BCUT2D eigenvalue weighted by Gasteiger charge is -2.09. The minimum atomic E-state index is 0.641. The summed E-state index contributed by atoms with van der Waals surface area (Å²) in [5.41, 5.74) is 5.31. The molecule has 3 heteroatoms. The maximum absolute atomic E-state index is 5.36. The van der Waals surface area contributed by atoms with E-state index in [-0.39, 0.29) is 0 Å². The van der Waals surface area contributed by atoms with Gasteiger partial charge in [0.25, 0.3) is 0 Å². The first-order chi connectivity index (χ1) is 5.33. The van der Waals surface area contributed by atoms with Crippen LogP contribution in [0.2, 0.25) is 0 Å². The van der Waals surface area contributed by atoms with Crippen LogP contribution in [0.15, 0.2) is 0 Å². The third-order valence-electron chi connectivity index (χ3n) is 2.10. The van der Waals surface area contributed by atoms with Gasteiger partial charge in [-0.2, -0.15) is 0 Å². The Hall–Kier alpha value is -0.120. The number of likely N-dealkylation sites (tertiary alicyclic amines) is 1. The molecule has 2 N–H and O–H groups in total. The highest BCUT2D eigenvalue weighted by atomic mass is 16.5. The molecule has 1 fully saturated rings. The summed E-state index contributed by atoms with van der Waals surface area (Å²) >= 11 is 0. The zero-order valence-corrected chi connectivity index (χ0v) is 7.25. The normalized spacial score (nSPS) is 26.2. The van der Waals surface area contributed by atoms with Crippen molar-refractivity contribution in [3.8, 4) is 0 Å². The predicted molar refractivity (Wildman–Crippen MR) is 45.5 cm³/mol. The fourth-order valence-electron chi connectivity index (χ4n) is 1.50. The molecule has 1 atom stereocenters. The first-order valence-electron chi connectivity index (χ1n) is 4.29. The van der Waals surface area contributed by atoms with E-state index in [9.17, 15) is 0 Å². The highest BCUT2D eigenvalue weighted by Crippen LogP contribution is 2.13. The van der Waals surface area contributed by atoms with Crippen LogP contribution in [0.25, 0.3) is 0 Å². The van der Waals surface area contributed by atoms with Crippen molar-refractivity contribution in [3.63, 3.8) is 0 Å². The zero-order chi connectivity index (χ0) is 8.10. The van der Waals surface area contributed by atoms with Crippen LogP contribution in [0.5, 0.6) is 0 Å². The topological polar surface area (TPSA) is 38.5 Å². The Morgan fingerprint density at radius 3 is 3.00 bits per heavy atom. The predicted octanol–water partition coefficient (Wildman–Crippen LogP) is -0.0866. The van der Waals surface area contributed by atoms with Gasteiger partial charge in [-0.25, -0.2) is 0 Å². The number of ether oxygens (including phenoxy) is 1. The van der Waals surface area contributed by atoms with E-state index >= 15 is 0 Å². The van der Waals surface area contributed by atoms with Crippen LogP contribution in [-0.4, -0.2) is 44.8 Å². The fraction of sp³-hybridized carbons (Fsp3) is 1.00. The van der Waals surface area contributed by atoms with E-state index in [1.54, 1.807) is 0 Å². The van der Waals surface area contributed by atoms with Crippen LogP contribution in [0, 0.1) is 5.92 Å². The summed E-state index contributed by atoms with van der Waals surface area (Å²) in [6.45, 7) is 4.64. The van der Waals surface area contributed by atoms with Gasteiger partial charge in [0.1, 0.15) is 0 Å². The maximum Gasteiger partial charge on any atom is 0.0588 e. The first-order valence-corrected chi connectivity index (χ1v) is 4.29. The minimum Gasteiger partial charge on any atom is -0.380 e. The molecule has 66 valence electrons. The third-order valence-corrected chi connectivity index (χ3v) is 2.10. The molecule has 0 bridgehead atoms. The Morgan fingerprint density at radius 2 is 2.45 bits per heavy atom. The molecule has 0 aromatic heterocycles. The van der Waals surface area contributed by atoms with Crippen molar-refractivity contribution in [2.24, 2.45) is 11.7 Å². The largest absolute Gasteiger partial charge is 0.380 e. The van der Waals surface area contributed by atoms with Crippen LogP contribution >= 0.6 is 0 Å². The number of hydrogen-bond donors (Lipinski definition) is 1. The van der Waals surface area contributed by atoms with Gasteiger partial charge < -0.3 is 15.4 Å². The highest BCUT2D eigenvalue weighted by Gasteiger charge is 2.18. The van der Waals surface area contributed by atoms with E-state index in [4.69, 9.17) is 10.5 Å². The molecule has 1 aliphatic heterocycles. The molecule has 0 aliphatic carbocycles. The molecular formula is C8H18N2O. The molecule has 1 aliphatic rings. The van der Waals surface area contributed by atoms with Gasteiger partial charge in [0.05, 0.1) is 13.2 Å². The average molecular weight is 158 g/mol. The summed E-state index contributed by atoms with van der Waals surface area (Å²) < 4.78 is 5.36. The highest BCUT2D eigenvalue weighted by molar-refractivity contribution is 4.72. The standard InChI is InChI=1S/C8H18N2O/c1-10-4-2-8(6-10)7-11-5-3-9/h8H,2-7,9H2,1H3. The summed E-state index contributed by atoms with van der Waals surface area (Å²) in [4.78, 5) is 2.34. The lowest BCUT2D eigenvalue weighted by molar-refractivity contribution is 0.108. The van der Waals surface area contributed by atoms with E-state index in [1.807, 2.05) is 0 Å². The molecule has 0 amide bonds. The third kappa shape index (κ3) is 3.18. The van der Waals surface area contributed by atoms with Crippen molar-refractivity contribution >= 4 is 0 Å². The number of rotatable bonds is 4. The quantitative estimate of drug-likeness (QED) is 0.581. The Labute approximate surface area is 68.5 Å². The number of nitrogens with two attached hydrogens (primary N) is 1. The van der Waals surface area contributed by atoms with Gasteiger partial charge in [0, 0.05) is 13.1 Å². The van der Waals surface area contributed by atoms with Gasteiger partial charge in [0.2, 0.25) is 0 Å². The molecule has 0 saturated carbocycles. The molecule has 1 saturated heterocycles. The van der Waals surface area contributed by atoms with Crippen molar-refractivity contribution in [1.82, 2.24) is 4.90 Å². The molecule has 0 aromatic rings. The Bertz CT molecular complexity index is 108. The van der Waals surface area contributed by atoms with Crippen molar-refractivity contribution < 1.29 is 4.74 Å². The maximum atomic E-state index is 5.36. The molecule has 0 radical (unpaired) electrons. The van der Waals surface area contributed by atoms with E-state index in [2.05, 4.69) is 11.9 Å². The van der Waals surface area contributed by atoms with Gasteiger partial charge in [0.15, 0.2) is 0 Å². The van der Waals surface area contributed by atoms with Gasteiger partial charge in [-0.1, -0.05) is 0 Å². The summed E-state index contributed by atoms with van der Waals surface area (Å²) in [5.74, 6) is 0.742. The van der Waals surface area contributed by atoms with Gasteiger partial charge in [-0.15, -0.1) is 0 Å². The van der Waals surface area contributed by atoms with Crippen molar-refractivity contribution in [2.75, 3.05) is 39.9 Å². The van der Waals surface area contributed by atoms with Gasteiger partial charge >= 0.3 is 0 Å². The summed E-state index contributed by atoms with van der Waals surface area (Å²) in [5, 5.41) is 0. The van der Waals surface area contributed by atoms with Gasteiger partial charge in [-0.3, -0.25) is 0 Å². The van der Waals surface area contributed by atoms with E-state index < -0.39 is 0 Å². The molecule has 1 rings (SSSR count). The molecule has 11 heavy (non-hydrogen) atoms. The van der Waals surface area contributed by atoms with Crippen molar-refractivity contribution in [1.29, 1.82) is 0 Å². The minimum absolute atomic E-state index is 0.641. The van der Waals surface area contributed by atoms with Crippen molar-refractivity contribution in [3.05, 3.63) is 0 Å². The second-order valence-electron chi connectivity index (χ2n) is 3.28. The number of hydrogen-bond acceptors (Lipinski definition) is 3.